The number of rotatable bonds is 2. The predicted octanol–water partition coefficient (Wildman–Crippen LogP) is 6.54. The molecule has 29 heavy (non-hydrogen) atoms. The molecule has 0 radical (unpaired) electrons. The van der Waals surface area contributed by atoms with E-state index in [9.17, 15) is 0 Å². The summed E-state index contributed by atoms with van der Waals surface area (Å²) in [5, 5.41) is 2.14. The number of hydrogen-bond donors (Lipinski definition) is 0. The molecule has 0 N–H and O–H groups in total. The number of pyridine rings is 1. The Morgan fingerprint density at radius 3 is 2.38 bits per heavy atom. The molecule has 1 aliphatic heterocycles. The molecule has 0 bridgehead atoms. The van der Waals surface area contributed by atoms with Gasteiger partial charge in [-0.15, -0.1) is 0 Å². The second-order valence-corrected chi connectivity index (χ2v) is 7.44. The quantitative estimate of drug-likeness (QED) is 0.350. The average molecular weight is 377 g/mol. The van der Waals surface area contributed by atoms with E-state index in [0.717, 1.165) is 28.7 Å². The van der Waals surface area contributed by atoms with Crippen molar-refractivity contribution in [3.63, 3.8) is 0 Å². The zero-order valence-corrected chi connectivity index (χ0v) is 16.0. The first kappa shape index (κ1) is 16.2. The van der Waals surface area contributed by atoms with Gasteiger partial charge in [-0.2, -0.15) is 0 Å². The molecule has 140 valence electrons. The maximum absolute atomic E-state index is 6.20. The van der Waals surface area contributed by atoms with Gasteiger partial charge in [0.1, 0.15) is 6.67 Å². The number of fused-ring (bicyclic) bond motifs is 4. The van der Waals surface area contributed by atoms with Crippen LogP contribution in [-0.4, -0.2) is 11.7 Å². The second-order valence-electron chi connectivity index (χ2n) is 7.44. The van der Waals surface area contributed by atoms with Crippen molar-refractivity contribution in [1.82, 2.24) is 4.98 Å². The molecule has 0 amide bonds. The minimum Gasteiger partial charge on any atom is -0.436 e. The van der Waals surface area contributed by atoms with E-state index in [2.05, 4.69) is 94.5 Å². The van der Waals surface area contributed by atoms with Crippen LogP contribution in [0, 0.1) is 6.92 Å². The summed E-state index contributed by atoms with van der Waals surface area (Å²) in [5.41, 5.74) is 7.43. The number of furan rings is 1. The molecule has 6 rings (SSSR count). The minimum atomic E-state index is 0.679. The van der Waals surface area contributed by atoms with Crippen molar-refractivity contribution < 1.29 is 4.42 Å². The number of benzene rings is 3. The molecule has 4 nitrogen and oxygen atoms in total. The van der Waals surface area contributed by atoms with Gasteiger partial charge in [0, 0.05) is 22.7 Å². The Labute approximate surface area is 168 Å². The van der Waals surface area contributed by atoms with Crippen LogP contribution in [0.2, 0.25) is 0 Å². The standard InChI is InChI=1S/C25H19N3O/c1-17-7-4-8-18(15-17)27-16-28(22-12-3-2-11-21(22)27)23-13-5-9-19-20-10-6-14-26-25(20)29-24(19)23/h2-15H,16H2,1H3. The van der Waals surface area contributed by atoms with E-state index in [-0.39, 0.29) is 0 Å². The normalized spacial score (nSPS) is 13.4. The lowest BCUT2D eigenvalue weighted by molar-refractivity contribution is 0.653. The van der Waals surface area contributed by atoms with E-state index >= 15 is 0 Å². The van der Waals surface area contributed by atoms with Gasteiger partial charge in [-0.3, -0.25) is 0 Å². The Morgan fingerprint density at radius 2 is 1.52 bits per heavy atom. The van der Waals surface area contributed by atoms with Gasteiger partial charge in [0.2, 0.25) is 5.71 Å². The van der Waals surface area contributed by atoms with Crippen molar-refractivity contribution >= 4 is 44.8 Å². The number of anilines is 4. The summed E-state index contributed by atoms with van der Waals surface area (Å²) in [7, 11) is 0. The molecular weight excluding hydrogens is 358 g/mol. The van der Waals surface area contributed by atoms with Crippen molar-refractivity contribution in [1.29, 1.82) is 0 Å². The van der Waals surface area contributed by atoms with Gasteiger partial charge in [0.25, 0.3) is 0 Å². The van der Waals surface area contributed by atoms with Gasteiger partial charge in [-0.25, -0.2) is 4.98 Å². The molecule has 0 unspecified atom stereocenters. The van der Waals surface area contributed by atoms with Crippen molar-refractivity contribution in [3.8, 4) is 0 Å². The topological polar surface area (TPSA) is 32.5 Å². The van der Waals surface area contributed by atoms with Crippen molar-refractivity contribution in [2.45, 2.75) is 6.92 Å². The van der Waals surface area contributed by atoms with Gasteiger partial charge in [-0.05, 0) is 55.0 Å². The lowest BCUT2D eigenvalue weighted by atomic mass is 10.1. The third kappa shape index (κ3) is 2.42. The molecule has 0 saturated heterocycles. The van der Waals surface area contributed by atoms with Gasteiger partial charge in [-0.1, -0.05) is 36.4 Å². The predicted molar refractivity (Wildman–Crippen MR) is 118 cm³/mol. The molecule has 0 atom stereocenters. The van der Waals surface area contributed by atoms with Crippen LogP contribution < -0.4 is 9.80 Å². The lowest BCUT2D eigenvalue weighted by Gasteiger charge is -2.22. The first-order valence-corrected chi connectivity index (χ1v) is 9.77. The molecule has 5 aromatic rings. The summed E-state index contributed by atoms with van der Waals surface area (Å²) in [5.74, 6) is 0. The molecule has 0 saturated carbocycles. The summed E-state index contributed by atoms with van der Waals surface area (Å²) >= 11 is 0. The summed E-state index contributed by atoms with van der Waals surface area (Å²) < 4.78 is 6.20. The average Bonchev–Trinajstić information content (AvgIpc) is 3.33. The highest BCUT2D eigenvalue weighted by Gasteiger charge is 2.29. The van der Waals surface area contributed by atoms with Crippen LogP contribution >= 0.6 is 0 Å². The molecule has 3 aromatic carbocycles. The highest BCUT2D eigenvalue weighted by molar-refractivity contribution is 6.09. The smallest absolute Gasteiger partial charge is 0.227 e. The fraction of sp³-hybridized carbons (Fsp3) is 0.0800. The molecule has 0 aliphatic carbocycles. The van der Waals surface area contributed by atoms with Crippen LogP contribution in [0.15, 0.2) is 89.5 Å². The van der Waals surface area contributed by atoms with Gasteiger partial charge in [0.05, 0.1) is 17.1 Å². The summed E-state index contributed by atoms with van der Waals surface area (Å²) in [6.07, 6.45) is 1.77. The van der Waals surface area contributed by atoms with Crippen molar-refractivity contribution in [2.75, 3.05) is 16.5 Å². The van der Waals surface area contributed by atoms with E-state index < -0.39 is 0 Å². The fourth-order valence-corrected chi connectivity index (χ4v) is 4.27. The Morgan fingerprint density at radius 1 is 0.759 bits per heavy atom. The molecule has 1 aliphatic rings. The SMILES string of the molecule is Cc1cccc(N2CN(c3cccc4c3oc3ncccc34)c3ccccc32)c1. The molecular formula is C25H19N3O. The number of aromatic nitrogens is 1. The van der Waals surface area contributed by atoms with E-state index in [1.54, 1.807) is 6.20 Å². The largest absolute Gasteiger partial charge is 0.436 e. The zero-order valence-electron chi connectivity index (χ0n) is 16.0. The van der Waals surface area contributed by atoms with Crippen LogP contribution in [0.3, 0.4) is 0 Å². The van der Waals surface area contributed by atoms with Crippen LogP contribution in [0.1, 0.15) is 5.56 Å². The van der Waals surface area contributed by atoms with Crippen LogP contribution in [0.25, 0.3) is 22.1 Å². The zero-order chi connectivity index (χ0) is 19.4. The van der Waals surface area contributed by atoms with Gasteiger partial charge >= 0.3 is 0 Å². The summed E-state index contributed by atoms with van der Waals surface area (Å²) in [4.78, 5) is 9.08. The second kappa shape index (κ2) is 6.11. The maximum atomic E-state index is 6.20. The van der Waals surface area contributed by atoms with Gasteiger partial charge < -0.3 is 14.2 Å². The molecule has 3 heterocycles. The van der Waals surface area contributed by atoms with E-state index in [4.69, 9.17) is 4.42 Å². The summed E-state index contributed by atoms with van der Waals surface area (Å²) in [6, 6.07) is 27.5. The molecule has 0 fully saturated rings. The summed E-state index contributed by atoms with van der Waals surface area (Å²) in [6.45, 7) is 2.86. The van der Waals surface area contributed by atoms with Crippen molar-refractivity contribution in [3.05, 3.63) is 90.6 Å². The van der Waals surface area contributed by atoms with Crippen LogP contribution in [-0.2, 0) is 0 Å². The monoisotopic (exact) mass is 377 g/mol. The van der Waals surface area contributed by atoms with Crippen LogP contribution in [0.4, 0.5) is 22.7 Å². The fourth-order valence-electron chi connectivity index (χ4n) is 4.27. The number of hydrogen-bond acceptors (Lipinski definition) is 4. The lowest BCUT2D eigenvalue weighted by Crippen LogP contribution is -2.24. The third-order valence-electron chi connectivity index (χ3n) is 5.60. The number of nitrogens with zero attached hydrogens (tertiary/aromatic N) is 3. The Bertz CT molecular complexity index is 1370. The van der Waals surface area contributed by atoms with E-state index in [1.807, 2.05) is 6.07 Å². The number of aryl methyl sites for hydroxylation is 1. The first-order valence-electron chi connectivity index (χ1n) is 9.77. The molecule has 2 aromatic heterocycles. The Kier molecular flexibility index (Phi) is 3.41. The van der Waals surface area contributed by atoms with Crippen molar-refractivity contribution in [2.24, 2.45) is 0 Å². The van der Waals surface area contributed by atoms with E-state index in [1.165, 1.54) is 22.6 Å². The Balaban J connectivity index is 1.55. The first-order chi connectivity index (χ1) is 14.3. The highest BCUT2D eigenvalue weighted by Crippen LogP contribution is 2.46. The van der Waals surface area contributed by atoms with E-state index in [0.29, 0.717) is 5.71 Å². The maximum Gasteiger partial charge on any atom is 0.227 e. The number of para-hydroxylation sites is 3. The third-order valence-corrected chi connectivity index (χ3v) is 5.60. The molecule has 4 heteroatoms. The molecule has 0 spiro atoms. The van der Waals surface area contributed by atoms with Crippen LogP contribution in [0.5, 0.6) is 0 Å². The Hall–Kier alpha value is -3.79. The minimum absolute atomic E-state index is 0.679. The highest BCUT2D eigenvalue weighted by atomic mass is 16.3. The van der Waals surface area contributed by atoms with Gasteiger partial charge in [0.15, 0.2) is 5.58 Å².